The van der Waals surface area contributed by atoms with Gasteiger partial charge in [-0.15, -0.1) is 0 Å². The van der Waals surface area contributed by atoms with Crippen molar-refractivity contribution in [3.63, 3.8) is 0 Å². The Morgan fingerprint density at radius 3 is 2.88 bits per heavy atom. The van der Waals surface area contributed by atoms with Crippen molar-refractivity contribution >= 4 is 17.3 Å². The van der Waals surface area contributed by atoms with E-state index in [1.54, 1.807) is 6.20 Å². The number of aryl methyl sites for hydroxylation is 1. The zero-order chi connectivity index (χ0) is 11.7. The predicted octanol–water partition coefficient (Wildman–Crippen LogP) is 2.55. The Bertz CT molecular complexity index is 371. The molecule has 2 unspecified atom stereocenters. The van der Waals surface area contributed by atoms with Gasteiger partial charge < -0.3 is 10.2 Å². The number of hydrogen-bond donors (Lipinski definition) is 1. The van der Waals surface area contributed by atoms with E-state index in [-0.39, 0.29) is 0 Å². The largest absolute Gasteiger partial charge is 0.380 e. The van der Waals surface area contributed by atoms with Gasteiger partial charge in [-0.3, -0.25) is 0 Å². The number of nitrogens with one attached hydrogen (secondary N) is 1. The second-order valence-electron chi connectivity index (χ2n) is 4.70. The van der Waals surface area contributed by atoms with E-state index in [0.717, 1.165) is 17.8 Å². The maximum atomic E-state index is 5.90. The summed E-state index contributed by atoms with van der Waals surface area (Å²) in [5, 5.41) is 4.09. The van der Waals surface area contributed by atoms with Gasteiger partial charge in [-0.05, 0) is 38.9 Å². The van der Waals surface area contributed by atoms with Gasteiger partial charge in [0, 0.05) is 18.6 Å². The van der Waals surface area contributed by atoms with Crippen molar-refractivity contribution in [2.24, 2.45) is 0 Å². The molecule has 0 spiro atoms. The van der Waals surface area contributed by atoms with Crippen molar-refractivity contribution in [3.05, 3.63) is 23.0 Å². The monoisotopic (exact) mass is 239 g/mol. The van der Waals surface area contributed by atoms with Gasteiger partial charge in [0.2, 0.25) is 0 Å². The first-order valence-electron chi connectivity index (χ1n) is 5.65. The lowest BCUT2D eigenvalue weighted by Crippen LogP contribution is -2.24. The number of hydrogen-bond acceptors (Lipinski definition) is 3. The molecule has 1 aliphatic heterocycles. The summed E-state index contributed by atoms with van der Waals surface area (Å²) in [5.74, 6) is 0. The Morgan fingerprint density at radius 2 is 2.31 bits per heavy atom. The zero-order valence-corrected chi connectivity index (χ0v) is 10.8. The first kappa shape index (κ1) is 11.7. The SMILES string of the molecule is Cc1cc(NC2CC(C)N(C)C2)cnc1Cl. The molecule has 1 saturated heterocycles. The van der Waals surface area contributed by atoms with Crippen LogP contribution in [-0.2, 0) is 0 Å². The smallest absolute Gasteiger partial charge is 0.132 e. The summed E-state index contributed by atoms with van der Waals surface area (Å²) in [7, 11) is 2.16. The molecule has 1 fully saturated rings. The van der Waals surface area contributed by atoms with Crippen LogP contribution < -0.4 is 5.32 Å². The first-order valence-corrected chi connectivity index (χ1v) is 6.03. The minimum Gasteiger partial charge on any atom is -0.380 e. The van der Waals surface area contributed by atoms with Crippen LogP contribution in [0.2, 0.25) is 5.15 Å². The Hall–Kier alpha value is -0.800. The van der Waals surface area contributed by atoms with E-state index in [1.165, 1.54) is 6.42 Å². The minimum absolute atomic E-state index is 0.516. The molecular formula is C12H18ClN3. The first-order chi connectivity index (χ1) is 7.56. The fourth-order valence-electron chi connectivity index (χ4n) is 2.17. The molecule has 0 saturated carbocycles. The molecule has 0 aromatic carbocycles. The van der Waals surface area contributed by atoms with E-state index >= 15 is 0 Å². The Labute approximate surface area is 102 Å². The lowest BCUT2D eigenvalue weighted by atomic mass is 10.2. The van der Waals surface area contributed by atoms with Crippen molar-refractivity contribution in [3.8, 4) is 0 Å². The van der Waals surface area contributed by atoms with Crippen molar-refractivity contribution < 1.29 is 0 Å². The van der Waals surface area contributed by atoms with Gasteiger partial charge in [-0.1, -0.05) is 11.6 Å². The molecular weight excluding hydrogens is 222 g/mol. The molecule has 1 aromatic rings. The molecule has 0 aliphatic carbocycles. The van der Waals surface area contributed by atoms with E-state index in [2.05, 4.69) is 35.2 Å². The number of rotatable bonds is 2. The molecule has 3 nitrogen and oxygen atoms in total. The van der Waals surface area contributed by atoms with E-state index in [9.17, 15) is 0 Å². The maximum absolute atomic E-state index is 5.90. The van der Waals surface area contributed by atoms with Crippen molar-refractivity contribution in [2.75, 3.05) is 18.9 Å². The molecule has 1 N–H and O–H groups in total. The third kappa shape index (κ3) is 2.47. The normalized spacial score (nSPS) is 26.0. The molecule has 16 heavy (non-hydrogen) atoms. The lowest BCUT2D eigenvalue weighted by molar-refractivity contribution is 0.330. The van der Waals surface area contributed by atoms with Crippen LogP contribution >= 0.6 is 11.6 Å². The van der Waals surface area contributed by atoms with Crippen LogP contribution in [0.25, 0.3) is 0 Å². The fourth-order valence-corrected chi connectivity index (χ4v) is 2.27. The number of nitrogens with zero attached hydrogens (tertiary/aromatic N) is 2. The zero-order valence-electron chi connectivity index (χ0n) is 10.00. The van der Waals surface area contributed by atoms with Crippen molar-refractivity contribution in [2.45, 2.75) is 32.4 Å². The van der Waals surface area contributed by atoms with Crippen molar-refractivity contribution in [1.82, 2.24) is 9.88 Å². The summed E-state index contributed by atoms with van der Waals surface area (Å²) in [6.07, 6.45) is 2.98. The number of likely N-dealkylation sites (tertiary alicyclic amines) is 1. The Kier molecular flexibility index (Phi) is 3.36. The lowest BCUT2D eigenvalue weighted by Gasteiger charge is -2.14. The van der Waals surface area contributed by atoms with Gasteiger partial charge in [-0.2, -0.15) is 0 Å². The summed E-state index contributed by atoms with van der Waals surface area (Å²) >= 11 is 5.90. The molecule has 0 amide bonds. The quantitative estimate of drug-likeness (QED) is 0.804. The molecule has 88 valence electrons. The Morgan fingerprint density at radius 1 is 1.56 bits per heavy atom. The van der Waals surface area contributed by atoms with Crippen LogP contribution in [-0.4, -0.2) is 35.6 Å². The highest BCUT2D eigenvalue weighted by atomic mass is 35.5. The topological polar surface area (TPSA) is 28.2 Å². The number of halogens is 1. The van der Waals surface area contributed by atoms with E-state index in [0.29, 0.717) is 17.2 Å². The van der Waals surface area contributed by atoms with Gasteiger partial charge in [-0.25, -0.2) is 4.98 Å². The molecule has 2 heterocycles. The molecule has 1 aromatic heterocycles. The highest BCUT2D eigenvalue weighted by molar-refractivity contribution is 6.30. The molecule has 2 rings (SSSR count). The number of likely N-dealkylation sites (N-methyl/N-ethyl adjacent to an activating group) is 1. The standard InChI is InChI=1S/C12H18ClN3/c1-8-4-10(6-14-12(8)13)15-11-5-9(2)16(3)7-11/h4,6,9,11,15H,5,7H2,1-3H3. The van der Waals surface area contributed by atoms with Crippen LogP contribution in [0.5, 0.6) is 0 Å². The van der Waals surface area contributed by atoms with Crippen LogP contribution in [0.3, 0.4) is 0 Å². The van der Waals surface area contributed by atoms with Gasteiger partial charge in [0.15, 0.2) is 0 Å². The van der Waals surface area contributed by atoms with E-state index in [1.807, 2.05) is 6.92 Å². The van der Waals surface area contributed by atoms with Crippen molar-refractivity contribution in [1.29, 1.82) is 0 Å². The predicted molar refractivity (Wildman–Crippen MR) is 68.1 cm³/mol. The highest BCUT2D eigenvalue weighted by Crippen LogP contribution is 2.21. The molecule has 2 atom stereocenters. The summed E-state index contributed by atoms with van der Waals surface area (Å²) in [4.78, 5) is 6.52. The third-order valence-electron chi connectivity index (χ3n) is 3.27. The van der Waals surface area contributed by atoms with E-state index in [4.69, 9.17) is 11.6 Å². The van der Waals surface area contributed by atoms with Gasteiger partial charge in [0.1, 0.15) is 5.15 Å². The molecule has 0 radical (unpaired) electrons. The molecule has 1 aliphatic rings. The van der Waals surface area contributed by atoms with Crippen LogP contribution in [0.4, 0.5) is 5.69 Å². The number of pyridine rings is 1. The fraction of sp³-hybridized carbons (Fsp3) is 0.583. The summed E-state index contributed by atoms with van der Waals surface area (Å²) < 4.78 is 0. The third-order valence-corrected chi connectivity index (χ3v) is 3.67. The van der Waals surface area contributed by atoms with Gasteiger partial charge >= 0.3 is 0 Å². The molecule has 0 bridgehead atoms. The van der Waals surface area contributed by atoms with Gasteiger partial charge in [0.05, 0.1) is 11.9 Å². The maximum Gasteiger partial charge on any atom is 0.132 e. The van der Waals surface area contributed by atoms with Crippen LogP contribution in [0.15, 0.2) is 12.3 Å². The summed E-state index contributed by atoms with van der Waals surface area (Å²) in [6, 6.07) is 3.22. The Balaban J connectivity index is 2.02. The summed E-state index contributed by atoms with van der Waals surface area (Å²) in [5.41, 5.74) is 2.08. The second-order valence-corrected chi connectivity index (χ2v) is 5.06. The van der Waals surface area contributed by atoms with Gasteiger partial charge in [0.25, 0.3) is 0 Å². The van der Waals surface area contributed by atoms with E-state index < -0.39 is 0 Å². The van der Waals surface area contributed by atoms with Crippen LogP contribution in [0.1, 0.15) is 18.9 Å². The molecule has 4 heteroatoms. The number of aromatic nitrogens is 1. The highest BCUT2D eigenvalue weighted by Gasteiger charge is 2.25. The average Bonchev–Trinajstić information content (AvgIpc) is 2.52. The average molecular weight is 240 g/mol. The minimum atomic E-state index is 0.516. The second kappa shape index (κ2) is 4.60. The van der Waals surface area contributed by atoms with Crippen LogP contribution in [0, 0.1) is 6.92 Å². The number of anilines is 1. The summed E-state index contributed by atoms with van der Waals surface area (Å²) in [6.45, 7) is 5.32.